The van der Waals surface area contributed by atoms with Crippen LogP contribution in [0.5, 0.6) is 0 Å². The van der Waals surface area contributed by atoms with Gasteiger partial charge in [0, 0.05) is 6.20 Å². The van der Waals surface area contributed by atoms with Crippen molar-refractivity contribution in [1.29, 1.82) is 0 Å². The van der Waals surface area contributed by atoms with E-state index in [4.69, 9.17) is 4.74 Å². The summed E-state index contributed by atoms with van der Waals surface area (Å²) in [4.78, 5) is 15.2. The van der Waals surface area contributed by atoms with Crippen LogP contribution in [-0.4, -0.2) is 11.0 Å². The van der Waals surface area contributed by atoms with Gasteiger partial charge in [-0.3, -0.25) is 9.78 Å². The van der Waals surface area contributed by atoms with Crippen LogP contribution in [0.2, 0.25) is 0 Å². The maximum absolute atomic E-state index is 11.1. The second kappa shape index (κ2) is 3.56. The Kier molecular flexibility index (Phi) is 2.25. The molecule has 3 heteroatoms. The first-order valence-electron chi connectivity index (χ1n) is 4.43. The van der Waals surface area contributed by atoms with Crippen LogP contribution in [0.25, 0.3) is 0 Å². The maximum Gasteiger partial charge on any atom is 0.309 e. The smallest absolute Gasteiger partial charge is 0.309 e. The van der Waals surface area contributed by atoms with Crippen molar-refractivity contribution < 1.29 is 9.53 Å². The highest BCUT2D eigenvalue weighted by Gasteiger charge is 2.31. The Morgan fingerprint density at radius 1 is 1.54 bits per heavy atom. The van der Waals surface area contributed by atoms with Gasteiger partial charge in [-0.05, 0) is 25.0 Å². The van der Waals surface area contributed by atoms with E-state index in [0.29, 0.717) is 6.61 Å². The highest BCUT2D eigenvalue weighted by atomic mass is 16.5. The highest BCUT2D eigenvalue weighted by Crippen LogP contribution is 2.30. The molecule has 3 nitrogen and oxygen atoms in total. The molecule has 1 saturated carbocycles. The van der Waals surface area contributed by atoms with Crippen LogP contribution in [0.4, 0.5) is 0 Å². The maximum atomic E-state index is 11.1. The lowest BCUT2D eigenvalue weighted by atomic mass is 10.4. The van der Waals surface area contributed by atoms with Gasteiger partial charge in [-0.1, -0.05) is 6.07 Å². The molecule has 0 aromatic carbocycles. The molecule has 0 amide bonds. The number of rotatable bonds is 3. The van der Waals surface area contributed by atoms with Crippen LogP contribution >= 0.6 is 0 Å². The zero-order valence-corrected chi connectivity index (χ0v) is 7.27. The Hall–Kier alpha value is -1.38. The second-order valence-electron chi connectivity index (χ2n) is 3.20. The molecule has 2 rings (SSSR count). The summed E-state index contributed by atoms with van der Waals surface area (Å²) in [6.07, 6.45) is 3.67. The van der Waals surface area contributed by atoms with Crippen LogP contribution in [0.15, 0.2) is 24.4 Å². The van der Waals surface area contributed by atoms with E-state index in [1.54, 1.807) is 6.20 Å². The lowest BCUT2D eigenvalue weighted by Gasteiger charge is -2.01. The predicted octanol–water partition coefficient (Wildman–Crippen LogP) is 1.53. The number of hydrogen-bond acceptors (Lipinski definition) is 3. The molecule has 0 saturated heterocycles. The molecule has 1 aliphatic carbocycles. The summed E-state index contributed by atoms with van der Waals surface area (Å²) in [5.41, 5.74) is 0.802. The fraction of sp³-hybridized carbons (Fsp3) is 0.400. The average molecular weight is 177 g/mol. The van der Waals surface area contributed by atoms with Crippen molar-refractivity contribution in [1.82, 2.24) is 4.98 Å². The Morgan fingerprint density at radius 2 is 2.38 bits per heavy atom. The molecular weight excluding hydrogens is 166 g/mol. The number of pyridine rings is 1. The first kappa shape index (κ1) is 8.23. The molecule has 1 fully saturated rings. The summed E-state index contributed by atoms with van der Waals surface area (Å²) in [5.74, 6) is 0.0920. The Labute approximate surface area is 76.7 Å². The molecule has 1 aromatic heterocycles. The van der Waals surface area contributed by atoms with E-state index in [1.165, 1.54) is 0 Å². The zero-order valence-electron chi connectivity index (χ0n) is 7.27. The first-order chi connectivity index (χ1) is 6.36. The third kappa shape index (κ3) is 2.28. The summed E-state index contributed by atoms with van der Waals surface area (Å²) < 4.78 is 5.05. The molecule has 1 aliphatic rings. The third-order valence-corrected chi connectivity index (χ3v) is 2.00. The summed E-state index contributed by atoms with van der Waals surface area (Å²) in [5, 5.41) is 0. The van der Waals surface area contributed by atoms with E-state index in [-0.39, 0.29) is 11.9 Å². The molecule has 68 valence electrons. The number of carbonyl (C=O) groups excluding carboxylic acids is 1. The van der Waals surface area contributed by atoms with Crippen molar-refractivity contribution in [3.63, 3.8) is 0 Å². The van der Waals surface area contributed by atoms with E-state index in [0.717, 1.165) is 18.5 Å². The summed E-state index contributed by atoms with van der Waals surface area (Å²) >= 11 is 0. The fourth-order valence-electron chi connectivity index (χ4n) is 1.07. The number of nitrogens with zero attached hydrogens (tertiary/aromatic N) is 1. The zero-order chi connectivity index (χ0) is 9.10. The fourth-order valence-corrected chi connectivity index (χ4v) is 1.07. The average Bonchev–Trinajstić information content (AvgIpc) is 2.99. The number of ether oxygens (including phenoxy) is 1. The van der Waals surface area contributed by atoms with Gasteiger partial charge in [-0.15, -0.1) is 0 Å². The molecule has 0 aliphatic heterocycles. The van der Waals surface area contributed by atoms with E-state index in [1.807, 2.05) is 18.2 Å². The van der Waals surface area contributed by atoms with Crippen molar-refractivity contribution in [2.24, 2.45) is 5.92 Å². The van der Waals surface area contributed by atoms with Crippen LogP contribution in [0.1, 0.15) is 18.5 Å². The topological polar surface area (TPSA) is 39.2 Å². The van der Waals surface area contributed by atoms with E-state index in [9.17, 15) is 4.79 Å². The standard InChI is InChI=1S/C10H11NO2/c12-10(8-4-5-8)13-7-9-3-1-2-6-11-9/h1-3,6,8H,4-5,7H2. The Morgan fingerprint density at radius 3 is 3.00 bits per heavy atom. The minimum absolute atomic E-state index is 0.0781. The van der Waals surface area contributed by atoms with Crippen molar-refractivity contribution in [3.8, 4) is 0 Å². The van der Waals surface area contributed by atoms with Crippen LogP contribution in [0, 0.1) is 5.92 Å². The van der Waals surface area contributed by atoms with E-state index in [2.05, 4.69) is 4.98 Å². The van der Waals surface area contributed by atoms with Gasteiger partial charge < -0.3 is 4.74 Å². The molecule has 0 spiro atoms. The summed E-state index contributed by atoms with van der Waals surface area (Å²) in [6, 6.07) is 5.57. The van der Waals surface area contributed by atoms with Crippen molar-refractivity contribution in [2.75, 3.05) is 0 Å². The SMILES string of the molecule is O=C(OCc1ccccn1)C1CC1. The van der Waals surface area contributed by atoms with Gasteiger partial charge in [0.15, 0.2) is 0 Å². The van der Waals surface area contributed by atoms with Crippen molar-refractivity contribution in [2.45, 2.75) is 19.4 Å². The molecule has 0 N–H and O–H groups in total. The van der Waals surface area contributed by atoms with Crippen molar-refractivity contribution >= 4 is 5.97 Å². The van der Waals surface area contributed by atoms with Gasteiger partial charge in [-0.2, -0.15) is 0 Å². The number of carbonyl (C=O) groups is 1. The monoisotopic (exact) mass is 177 g/mol. The van der Waals surface area contributed by atoms with E-state index < -0.39 is 0 Å². The van der Waals surface area contributed by atoms with Gasteiger partial charge in [-0.25, -0.2) is 0 Å². The van der Waals surface area contributed by atoms with Crippen LogP contribution < -0.4 is 0 Å². The molecule has 13 heavy (non-hydrogen) atoms. The number of esters is 1. The Balaban J connectivity index is 1.82. The van der Waals surface area contributed by atoms with Crippen molar-refractivity contribution in [3.05, 3.63) is 30.1 Å². The second-order valence-corrected chi connectivity index (χ2v) is 3.20. The normalized spacial score (nSPS) is 15.4. The highest BCUT2D eigenvalue weighted by molar-refractivity contribution is 5.74. The molecule has 0 radical (unpaired) electrons. The van der Waals surface area contributed by atoms with Crippen LogP contribution in [-0.2, 0) is 16.1 Å². The summed E-state index contributed by atoms with van der Waals surface area (Å²) in [7, 11) is 0. The van der Waals surface area contributed by atoms with Crippen LogP contribution in [0.3, 0.4) is 0 Å². The molecule has 1 aromatic rings. The van der Waals surface area contributed by atoms with E-state index >= 15 is 0 Å². The lowest BCUT2D eigenvalue weighted by molar-refractivity contribution is -0.146. The molecule has 0 atom stereocenters. The minimum atomic E-state index is -0.0781. The van der Waals surface area contributed by atoms with Gasteiger partial charge in [0.05, 0.1) is 11.6 Å². The molecular formula is C10H11NO2. The first-order valence-corrected chi connectivity index (χ1v) is 4.43. The molecule has 0 bridgehead atoms. The quantitative estimate of drug-likeness (QED) is 0.657. The number of aromatic nitrogens is 1. The Bertz CT molecular complexity index is 293. The lowest BCUT2D eigenvalue weighted by Crippen LogP contribution is -2.06. The van der Waals surface area contributed by atoms with Gasteiger partial charge in [0.2, 0.25) is 0 Å². The van der Waals surface area contributed by atoms with Gasteiger partial charge in [0.1, 0.15) is 6.61 Å². The third-order valence-electron chi connectivity index (χ3n) is 2.00. The molecule has 1 heterocycles. The molecule has 0 unspecified atom stereocenters. The minimum Gasteiger partial charge on any atom is -0.459 e. The van der Waals surface area contributed by atoms with Gasteiger partial charge >= 0.3 is 5.97 Å². The van der Waals surface area contributed by atoms with Gasteiger partial charge in [0.25, 0.3) is 0 Å². The predicted molar refractivity (Wildman–Crippen MR) is 46.8 cm³/mol. The number of hydrogen-bond donors (Lipinski definition) is 0. The summed E-state index contributed by atoms with van der Waals surface area (Å²) in [6.45, 7) is 0.302. The largest absolute Gasteiger partial charge is 0.459 e.